The summed E-state index contributed by atoms with van der Waals surface area (Å²) < 4.78 is 10.2. The van der Waals surface area contributed by atoms with E-state index in [0.717, 1.165) is 17.7 Å². The summed E-state index contributed by atoms with van der Waals surface area (Å²) in [6.07, 6.45) is 0.866. The molecular weight excluding hydrogens is 298 g/mol. The zero-order chi connectivity index (χ0) is 16.4. The Hall–Kier alpha value is -2.76. The number of aromatic carboxylic acids is 1. The molecule has 1 N–H and O–H groups in total. The summed E-state index contributed by atoms with van der Waals surface area (Å²) in [7, 11) is 1.62. The molecular formula is C17H17NO5. The van der Waals surface area contributed by atoms with Crippen LogP contribution in [0.15, 0.2) is 40.8 Å². The molecule has 0 aliphatic carbocycles. The number of hydrogen-bond donors (Lipinski definition) is 1. The lowest BCUT2D eigenvalue weighted by Crippen LogP contribution is -2.28. The first-order chi connectivity index (χ1) is 11.1. The molecule has 1 atom stereocenters. The molecule has 6 heteroatoms. The van der Waals surface area contributed by atoms with Crippen molar-refractivity contribution >= 4 is 11.9 Å². The molecule has 120 valence electrons. The second kappa shape index (κ2) is 6.16. The van der Waals surface area contributed by atoms with Crippen molar-refractivity contribution in [1.29, 1.82) is 0 Å². The summed E-state index contributed by atoms with van der Waals surface area (Å²) in [4.78, 5) is 24.9. The van der Waals surface area contributed by atoms with Crippen LogP contribution in [0.4, 0.5) is 0 Å². The van der Waals surface area contributed by atoms with Gasteiger partial charge in [0.15, 0.2) is 5.76 Å². The Morgan fingerprint density at radius 1 is 1.17 bits per heavy atom. The molecule has 3 rings (SSSR count). The highest BCUT2D eigenvalue weighted by Crippen LogP contribution is 2.29. The number of carboxylic acid groups (broad SMARTS) is 1. The molecule has 23 heavy (non-hydrogen) atoms. The summed E-state index contributed by atoms with van der Waals surface area (Å²) in [5.41, 5.74) is 1.16. The number of likely N-dealkylation sites (tertiary alicyclic amines) is 1. The van der Waals surface area contributed by atoms with Crippen molar-refractivity contribution in [2.45, 2.75) is 12.3 Å². The lowest BCUT2D eigenvalue weighted by Gasteiger charge is -2.15. The number of hydrogen-bond acceptors (Lipinski definition) is 4. The van der Waals surface area contributed by atoms with Gasteiger partial charge >= 0.3 is 5.97 Å². The van der Waals surface area contributed by atoms with Gasteiger partial charge in [-0.05, 0) is 36.2 Å². The quantitative estimate of drug-likeness (QED) is 0.938. The third-order valence-corrected chi connectivity index (χ3v) is 4.09. The molecule has 2 heterocycles. The van der Waals surface area contributed by atoms with Crippen LogP contribution >= 0.6 is 0 Å². The van der Waals surface area contributed by atoms with Crippen molar-refractivity contribution in [2.24, 2.45) is 0 Å². The van der Waals surface area contributed by atoms with Gasteiger partial charge in [-0.2, -0.15) is 0 Å². The second-order valence-electron chi connectivity index (χ2n) is 5.48. The van der Waals surface area contributed by atoms with Gasteiger partial charge in [-0.1, -0.05) is 12.1 Å². The first-order valence-corrected chi connectivity index (χ1v) is 7.35. The summed E-state index contributed by atoms with van der Waals surface area (Å²) in [5, 5.41) is 8.85. The lowest BCUT2D eigenvalue weighted by molar-refractivity contribution is 0.0653. The van der Waals surface area contributed by atoms with Crippen LogP contribution in [0.5, 0.6) is 5.75 Å². The third-order valence-electron chi connectivity index (χ3n) is 4.09. The van der Waals surface area contributed by atoms with Gasteiger partial charge in [-0.25, -0.2) is 4.79 Å². The zero-order valence-electron chi connectivity index (χ0n) is 12.7. The Morgan fingerprint density at radius 2 is 1.87 bits per heavy atom. The van der Waals surface area contributed by atoms with Crippen molar-refractivity contribution in [1.82, 2.24) is 4.90 Å². The molecule has 0 spiro atoms. The Balaban J connectivity index is 1.68. The van der Waals surface area contributed by atoms with Crippen LogP contribution in [-0.4, -0.2) is 42.1 Å². The van der Waals surface area contributed by atoms with Gasteiger partial charge in [0.05, 0.1) is 7.11 Å². The maximum Gasteiger partial charge on any atom is 0.371 e. The zero-order valence-corrected chi connectivity index (χ0v) is 12.7. The average molecular weight is 315 g/mol. The number of rotatable bonds is 4. The SMILES string of the molecule is COc1ccc([C@@H]2CCN(C(=O)c3ccc(C(=O)O)o3)C2)cc1. The summed E-state index contributed by atoms with van der Waals surface area (Å²) in [6, 6.07) is 10.5. The Kier molecular flexibility index (Phi) is 4.06. The van der Waals surface area contributed by atoms with Gasteiger partial charge in [0.2, 0.25) is 5.76 Å². The van der Waals surface area contributed by atoms with Crippen LogP contribution in [0.3, 0.4) is 0 Å². The minimum Gasteiger partial charge on any atom is -0.497 e. The predicted molar refractivity (Wildman–Crippen MR) is 81.9 cm³/mol. The maximum atomic E-state index is 12.4. The van der Waals surface area contributed by atoms with Crippen molar-refractivity contribution in [3.05, 3.63) is 53.5 Å². The number of benzene rings is 1. The van der Waals surface area contributed by atoms with Gasteiger partial charge in [0.25, 0.3) is 5.91 Å². The van der Waals surface area contributed by atoms with E-state index in [9.17, 15) is 9.59 Å². The van der Waals surface area contributed by atoms with Crippen LogP contribution in [0, 0.1) is 0 Å². The van der Waals surface area contributed by atoms with E-state index in [0.29, 0.717) is 13.1 Å². The fraction of sp³-hybridized carbons (Fsp3) is 0.294. The maximum absolute atomic E-state index is 12.4. The monoisotopic (exact) mass is 315 g/mol. The number of nitrogens with zero attached hydrogens (tertiary/aromatic N) is 1. The first-order valence-electron chi connectivity index (χ1n) is 7.35. The van der Waals surface area contributed by atoms with Gasteiger partial charge in [0.1, 0.15) is 5.75 Å². The highest BCUT2D eigenvalue weighted by molar-refractivity contribution is 5.93. The fourth-order valence-electron chi connectivity index (χ4n) is 2.82. The fourth-order valence-corrected chi connectivity index (χ4v) is 2.82. The summed E-state index contributed by atoms with van der Waals surface area (Å²) in [6.45, 7) is 1.22. The molecule has 0 bridgehead atoms. The number of carboxylic acids is 1. The van der Waals surface area contributed by atoms with Gasteiger partial charge in [-0.3, -0.25) is 4.79 Å². The van der Waals surface area contributed by atoms with Gasteiger partial charge in [0, 0.05) is 19.0 Å². The molecule has 1 aliphatic heterocycles. The molecule has 6 nitrogen and oxygen atoms in total. The highest BCUT2D eigenvalue weighted by Gasteiger charge is 2.29. The molecule has 1 fully saturated rings. The van der Waals surface area contributed by atoms with Crippen molar-refractivity contribution in [3.63, 3.8) is 0 Å². The minimum atomic E-state index is -1.18. The molecule has 0 radical (unpaired) electrons. The molecule has 1 aromatic carbocycles. The number of ether oxygens (including phenoxy) is 1. The number of carbonyl (C=O) groups excluding carboxylic acids is 1. The van der Waals surface area contributed by atoms with Gasteiger partial charge < -0.3 is 19.2 Å². The van der Waals surface area contributed by atoms with E-state index in [1.165, 1.54) is 12.1 Å². The Morgan fingerprint density at radius 3 is 2.48 bits per heavy atom. The summed E-state index contributed by atoms with van der Waals surface area (Å²) >= 11 is 0. The van der Waals surface area contributed by atoms with E-state index in [4.69, 9.17) is 14.3 Å². The topological polar surface area (TPSA) is 80.0 Å². The van der Waals surface area contributed by atoms with E-state index < -0.39 is 5.97 Å². The van der Waals surface area contributed by atoms with Crippen LogP contribution in [0.1, 0.15) is 39.0 Å². The van der Waals surface area contributed by atoms with Crippen molar-refractivity contribution < 1.29 is 23.8 Å². The van der Waals surface area contributed by atoms with Gasteiger partial charge in [-0.15, -0.1) is 0 Å². The molecule has 1 aliphatic rings. The van der Waals surface area contributed by atoms with Crippen molar-refractivity contribution in [2.75, 3.05) is 20.2 Å². The van der Waals surface area contributed by atoms with E-state index in [-0.39, 0.29) is 23.3 Å². The lowest BCUT2D eigenvalue weighted by atomic mass is 9.98. The molecule has 1 saturated heterocycles. The molecule has 2 aromatic rings. The number of amides is 1. The number of carbonyl (C=O) groups is 2. The van der Waals surface area contributed by atoms with Crippen LogP contribution in [0.2, 0.25) is 0 Å². The van der Waals surface area contributed by atoms with E-state index in [1.807, 2.05) is 24.3 Å². The average Bonchev–Trinajstić information content (AvgIpc) is 3.24. The van der Waals surface area contributed by atoms with E-state index in [2.05, 4.69) is 0 Å². The Labute approximate surface area is 133 Å². The highest BCUT2D eigenvalue weighted by atomic mass is 16.5. The van der Waals surface area contributed by atoms with E-state index >= 15 is 0 Å². The number of furan rings is 1. The Bertz CT molecular complexity index is 719. The van der Waals surface area contributed by atoms with Crippen molar-refractivity contribution in [3.8, 4) is 5.75 Å². The van der Waals surface area contributed by atoms with Crippen LogP contribution < -0.4 is 4.74 Å². The minimum absolute atomic E-state index is 0.0674. The van der Waals surface area contributed by atoms with E-state index in [1.54, 1.807) is 12.0 Å². The van der Waals surface area contributed by atoms with Crippen LogP contribution in [0.25, 0.3) is 0 Å². The predicted octanol–water partition coefficient (Wildman–Crippen LogP) is 2.62. The molecule has 0 unspecified atom stereocenters. The standard InChI is InChI=1S/C17H17NO5/c1-22-13-4-2-11(3-5-13)12-8-9-18(10-12)16(19)14-6-7-15(23-14)17(20)21/h2-7,12H,8-10H2,1H3,(H,20,21)/t12-/m1/s1. The molecule has 0 saturated carbocycles. The number of methoxy groups -OCH3 is 1. The summed E-state index contributed by atoms with van der Waals surface area (Å²) in [5.74, 6) is -0.539. The smallest absolute Gasteiger partial charge is 0.371 e. The largest absolute Gasteiger partial charge is 0.497 e. The molecule has 1 amide bonds. The third kappa shape index (κ3) is 3.06. The normalized spacial score (nSPS) is 17.3. The van der Waals surface area contributed by atoms with Crippen LogP contribution in [-0.2, 0) is 0 Å². The first kappa shape index (κ1) is 15.1. The second-order valence-corrected chi connectivity index (χ2v) is 5.48. The molecule has 1 aromatic heterocycles.